The maximum atomic E-state index is 6.24. The highest BCUT2D eigenvalue weighted by Crippen LogP contribution is 2.35. The average molecular weight is 274 g/mol. The molecule has 3 rings (SSSR count). The molecule has 2 atom stereocenters. The van der Waals surface area contributed by atoms with Crippen molar-refractivity contribution < 1.29 is 0 Å². The number of nitrogens with two attached hydrogens (primary N) is 1. The minimum Gasteiger partial charge on any atom is -0.343 e. The maximum absolute atomic E-state index is 6.24. The molecule has 0 radical (unpaired) electrons. The first-order valence-corrected chi connectivity index (χ1v) is 8.17. The molecule has 2 unspecified atom stereocenters. The summed E-state index contributed by atoms with van der Waals surface area (Å²) < 4.78 is 2.49. The Kier molecular flexibility index (Phi) is 3.76. The lowest BCUT2D eigenvalue weighted by Gasteiger charge is -2.25. The van der Waals surface area contributed by atoms with Crippen molar-refractivity contribution in [2.45, 2.75) is 51.1 Å². The Morgan fingerprint density at radius 2 is 2.37 bits per heavy atom. The van der Waals surface area contributed by atoms with Gasteiger partial charge in [-0.05, 0) is 48.8 Å². The topological polar surface area (TPSA) is 30.9 Å². The van der Waals surface area contributed by atoms with Gasteiger partial charge in [0, 0.05) is 22.8 Å². The van der Waals surface area contributed by atoms with Crippen LogP contribution in [0.15, 0.2) is 29.8 Å². The van der Waals surface area contributed by atoms with Crippen molar-refractivity contribution in [1.29, 1.82) is 0 Å². The van der Waals surface area contributed by atoms with E-state index in [9.17, 15) is 0 Å². The standard InChI is InChI=1S/C16H22N2S/c1-2-5-15(16-8-4-11-19-16)18-10-9-12-13(17)6-3-7-14(12)18/h4,8-11,13,15H,2-3,5-7,17H2,1H3. The predicted molar refractivity (Wildman–Crippen MR) is 81.7 cm³/mol. The second-order valence-electron chi connectivity index (χ2n) is 5.44. The van der Waals surface area contributed by atoms with Crippen molar-refractivity contribution >= 4 is 11.3 Å². The van der Waals surface area contributed by atoms with E-state index in [1.165, 1.54) is 41.8 Å². The van der Waals surface area contributed by atoms with E-state index in [2.05, 4.69) is 41.3 Å². The Morgan fingerprint density at radius 1 is 1.47 bits per heavy atom. The smallest absolute Gasteiger partial charge is 0.0675 e. The van der Waals surface area contributed by atoms with Crippen molar-refractivity contribution in [2.24, 2.45) is 5.73 Å². The minimum absolute atomic E-state index is 0.246. The summed E-state index contributed by atoms with van der Waals surface area (Å²) in [6.07, 6.45) is 8.21. The van der Waals surface area contributed by atoms with Crippen molar-refractivity contribution in [1.82, 2.24) is 4.57 Å². The molecule has 2 heterocycles. The number of hydrogen-bond donors (Lipinski definition) is 1. The normalized spacial score (nSPS) is 20.2. The van der Waals surface area contributed by atoms with Crippen LogP contribution in [0.4, 0.5) is 0 Å². The van der Waals surface area contributed by atoms with Gasteiger partial charge in [-0.25, -0.2) is 0 Å². The van der Waals surface area contributed by atoms with Gasteiger partial charge >= 0.3 is 0 Å². The molecule has 2 N–H and O–H groups in total. The molecule has 0 saturated heterocycles. The first-order chi connectivity index (χ1) is 9.31. The van der Waals surface area contributed by atoms with Crippen LogP contribution in [0.3, 0.4) is 0 Å². The van der Waals surface area contributed by atoms with Gasteiger partial charge in [-0.3, -0.25) is 0 Å². The molecule has 0 spiro atoms. The summed E-state index contributed by atoms with van der Waals surface area (Å²) >= 11 is 1.87. The second-order valence-corrected chi connectivity index (χ2v) is 6.42. The van der Waals surface area contributed by atoms with E-state index >= 15 is 0 Å². The minimum atomic E-state index is 0.246. The van der Waals surface area contributed by atoms with E-state index in [0.29, 0.717) is 6.04 Å². The molecule has 0 fully saturated rings. The van der Waals surface area contributed by atoms with Crippen LogP contribution in [0, 0.1) is 0 Å². The van der Waals surface area contributed by atoms with E-state index in [4.69, 9.17) is 5.73 Å². The van der Waals surface area contributed by atoms with Gasteiger partial charge in [0.1, 0.15) is 0 Å². The number of aromatic nitrogens is 1. The molecular weight excluding hydrogens is 252 g/mol. The van der Waals surface area contributed by atoms with Gasteiger partial charge in [0.2, 0.25) is 0 Å². The highest BCUT2D eigenvalue weighted by atomic mass is 32.1. The third-order valence-corrected chi connectivity index (χ3v) is 5.13. The molecule has 0 bridgehead atoms. The lowest BCUT2D eigenvalue weighted by molar-refractivity contribution is 0.491. The molecule has 19 heavy (non-hydrogen) atoms. The molecule has 2 aromatic rings. The molecule has 1 aliphatic rings. The SMILES string of the molecule is CCCC(c1cccs1)n1ccc2c1CCCC2N. The summed E-state index contributed by atoms with van der Waals surface area (Å²) in [5.74, 6) is 0. The van der Waals surface area contributed by atoms with Crippen LogP contribution in [0.2, 0.25) is 0 Å². The Balaban J connectivity index is 1.99. The molecular formula is C16H22N2S. The Bertz CT molecular complexity index is 527. The fourth-order valence-electron chi connectivity index (χ4n) is 3.22. The molecule has 2 nitrogen and oxygen atoms in total. The summed E-state index contributed by atoms with van der Waals surface area (Å²) in [6, 6.07) is 7.41. The van der Waals surface area contributed by atoms with Crippen molar-refractivity contribution in [3.05, 3.63) is 45.9 Å². The van der Waals surface area contributed by atoms with Crippen LogP contribution < -0.4 is 5.73 Å². The zero-order valence-corrected chi connectivity index (χ0v) is 12.3. The Labute approximate surface area is 119 Å². The van der Waals surface area contributed by atoms with Crippen molar-refractivity contribution in [2.75, 3.05) is 0 Å². The van der Waals surface area contributed by atoms with Crippen LogP contribution in [0.25, 0.3) is 0 Å². The van der Waals surface area contributed by atoms with Gasteiger partial charge in [0.25, 0.3) is 0 Å². The van der Waals surface area contributed by atoms with Gasteiger partial charge in [-0.1, -0.05) is 19.4 Å². The molecule has 2 aromatic heterocycles. The first kappa shape index (κ1) is 12.9. The number of nitrogens with zero attached hydrogens (tertiary/aromatic N) is 1. The summed E-state index contributed by atoms with van der Waals surface area (Å²) in [6.45, 7) is 2.27. The van der Waals surface area contributed by atoms with Crippen molar-refractivity contribution in [3.63, 3.8) is 0 Å². The van der Waals surface area contributed by atoms with E-state index in [-0.39, 0.29) is 6.04 Å². The van der Waals surface area contributed by atoms with Gasteiger partial charge in [0.05, 0.1) is 6.04 Å². The van der Waals surface area contributed by atoms with Crippen molar-refractivity contribution in [3.8, 4) is 0 Å². The van der Waals surface area contributed by atoms with Crippen LogP contribution in [0.5, 0.6) is 0 Å². The summed E-state index contributed by atoms with van der Waals surface area (Å²) in [5, 5.41) is 2.18. The lowest BCUT2D eigenvalue weighted by atomic mass is 9.93. The molecule has 102 valence electrons. The second kappa shape index (κ2) is 5.51. The van der Waals surface area contributed by atoms with E-state index in [0.717, 1.165) is 6.42 Å². The highest BCUT2D eigenvalue weighted by molar-refractivity contribution is 7.10. The van der Waals surface area contributed by atoms with Gasteiger partial charge in [-0.2, -0.15) is 0 Å². The van der Waals surface area contributed by atoms with Gasteiger partial charge in [-0.15, -0.1) is 11.3 Å². The Hall–Kier alpha value is -1.06. The first-order valence-electron chi connectivity index (χ1n) is 7.30. The number of thiophene rings is 1. The zero-order chi connectivity index (χ0) is 13.2. The third-order valence-electron chi connectivity index (χ3n) is 4.16. The fourth-order valence-corrected chi connectivity index (χ4v) is 4.08. The summed E-state index contributed by atoms with van der Waals surface area (Å²) in [7, 11) is 0. The number of hydrogen-bond acceptors (Lipinski definition) is 2. The summed E-state index contributed by atoms with van der Waals surface area (Å²) in [4.78, 5) is 1.47. The average Bonchev–Trinajstić information content (AvgIpc) is 3.06. The van der Waals surface area contributed by atoms with Crippen LogP contribution >= 0.6 is 11.3 Å². The number of fused-ring (bicyclic) bond motifs is 1. The molecule has 0 aromatic carbocycles. The number of rotatable bonds is 4. The van der Waals surface area contributed by atoms with Gasteiger partial charge < -0.3 is 10.3 Å². The molecule has 0 aliphatic heterocycles. The van der Waals surface area contributed by atoms with Gasteiger partial charge in [0.15, 0.2) is 0 Å². The maximum Gasteiger partial charge on any atom is 0.0675 e. The molecule has 0 amide bonds. The molecule has 1 aliphatic carbocycles. The van der Waals surface area contributed by atoms with E-state index in [1.807, 2.05) is 11.3 Å². The Morgan fingerprint density at radius 3 is 3.11 bits per heavy atom. The zero-order valence-electron chi connectivity index (χ0n) is 11.5. The van der Waals surface area contributed by atoms with Crippen LogP contribution in [0.1, 0.15) is 60.8 Å². The highest BCUT2D eigenvalue weighted by Gasteiger charge is 2.24. The predicted octanol–water partition coefficient (Wildman–Crippen LogP) is 4.28. The largest absolute Gasteiger partial charge is 0.343 e. The lowest BCUT2D eigenvalue weighted by Crippen LogP contribution is -2.20. The van der Waals surface area contributed by atoms with Crippen LogP contribution in [-0.2, 0) is 6.42 Å². The van der Waals surface area contributed by atoms with E-state index < -0.39 is 0 Å². The molecule has 0 saturated carbocycles. The monoisotopic (exact) mass is 274 g/mol. The molecule has 3 heteroatoms. The van der Waals surface area contributed by atoms with Crippen LogP contribution in [-0.4, -0.2) is 4.57 Å². The van der Waals surface area contributed by atoms with E-state index in [1.54, 1.807) is 0 Å². The summed E-state index contributed by atoms with van der Waals surface area (Å²) in [5.41, 5.74) is 9.10. The fraction of sp³-hybridized carbons (Fsp3) is 0.500. The quantitative estimate of drug-likeness (QED) is 0.886. The third kappa shape index (κ3) is 2.37.